The Bertz CT molecular complexity index is 137. The summed E-state index contributed by atoms with van der Waals surface area (Å²) in [5.74, 6) is 0. The van der Waals surface area contributed by atoms with Crippen molar-refractivity contribution in [3.63, 3.8) is 0 Å². The lowest BCUT2D eigenvalue weighted by atomic mass is 10.0. The Morgan fingerprint density at radius 2 is 2.20 bits per heavy atom. The number of rotatable bonds is 4. The van der Waals surface area contributed by atoms with E-state index in [0.717, 1.165) is 6.42 Å². The van der Waals surface area contributed by atoms with Crippen molar-refractivity contribution in [1.82, 2.24) is 0 Å². The Morgan fingerprint density at radius 1 is 1.60 bits per heavy atom. The second-order valence-corrected chi connectivity index (χ2v) is 2.76. The lowest BCUT2D eigenvalue weighted by Crippen LogP contribution is -2.18. The summed E-state index contributed by atoms with van der Waals surface area (Å²) in [6.45, 7) is 4.37. The molecule has 0 atom stereocenters. The lowest BCUT2D eigenvalue weighted by molar-refractivity contribution is 0.176. The van der Waals surface area contributed by atoms with E-state index < -0.39 is 0 Å². The maximum atomic E-state index is 9.85. The van der Waals surface area contributed by atoms with Crippen LogP contribution in [0, 0.1) is 0 Å². The van der Waals surface area contributed by atoms with Crippen molar-refractivity contribution >= 4 is 6.08 Å². The van der Waals surface area contributed by atoms with Crippen LogP contribution in [0.4, 0.5) is 0 Å². The van der Waals surface area contributed by atoms with Gasteiger partial charge in [-0.25, -0.2) is 4.79 Å². The molecule has 0 radical (unpaired) electrons. The molecule has 0 aromatic heterocycles. The minimum atomic E-state index is -0.322. The van der Waals surface area contributed by atoms with Gasteiger partial charge < -0.3 is 4.74 Å². The van der Waals surface area contributed by atoms with Crippen molar-refractivity contribution in [2.75, 3.05) is 13.7 Å². The number of aliphatic imine (C=N–C) groups is 1. The monoisotopic (exact) mass is 143 g/mol. The highest BCUT2D eigenvalue weighted by Gasteiger charge is 2.14. The summed E-state index contributed by atoms with van der Waals surface area (Å²) in [5, 5.41) is 0. The van der Waals surface area contributed by atoms with Crippen LogP contribution < -0.4 is 0 Å². The van der Waals surface area contributed by atoms with Gasteiger partial charge in [0.05, 0.1) is 5.54 Å². The Hall–Kier alpha value is -0.660. The van der Waals surface area contributed by atoms with Gasteiger partial charge in [0, 0.05) is 13.7 Å². The first-order chi connectivity index (χ1) is 4.62. The second-order valence-electron chi connectivity index (χ2n) is 2.76. The van der Waals surface area contributed by atoms with Crippen LogP contribution in [0.15, 0.2) is 4.99 Å². The lowest BCUT2D eigenvalue weighted by Gasteiger charge is -2.15. The molecular weight excluding hydrogens is 130 g/mol. The molecule has 0 heterocycles. The van der Waals surface area contributed by atoms with E-state index in [1.807, 2.05) is 13.8 Å². The number of methoxy groups -OCH3 is 1. The topological polar surface area (TPSA) is 38.7 Å². The van der Waals surface area contributed by atoms with Gasteiger partial charge in [0.15, 0.2) is 0 Å². The Labute approximate surface area is 61.1 Å². The Morgan fingerprint density at radius 3 is 2.60 bits per heavy atom. The van der Waals surface area contributed by atoms with Crippen LogP contribution in [0.5, 0.6) is 0 Å². The molecule has 0 unspecified atom stereocenters. The van der Waals surface area contributed by atoms with E-state index in [9.17, 15) is 4.79 Å². The number of nitrogens with zero attached hydrogens (tertiary/aromatic N) is 1. The first-order valence-electron chi connectivity index (χ1n) is 3.20. The molecule has 3 heteroatoms. The minimum absolute atomic E-state index is 0.322. The van der Waals surface area contributed by atoms with Crippen molar-refractivity contribution in [2.45, 2.75) is 25.8 Å². The maximum absolute atomic E-state index is 9.85. The molecule has 58 valence electrons. The van der Waals surface area contributed by atoms with Crippen molar-refractivity contribution in [2.24, 2.45) is 4.99 Å². The fourth-order valence-electron chi connectivity index (χ4n) is 0.531. The minimum Gasteiger partial charge on any atom is -0.385 e. The largest absolute Gasteiger partial charge is 0.385 e. The van der Waals surface area contributed by atoms with Crippen molar-refractivity contribution in [1.29, 1.82) is 0 Å². The fraction of sp³-hybridized carbons (Fsp3) is 0.857. The summed E-state index contributed by atoms with van der Waals surface area (Å²) < 4.78 is 4.83. The van der Waals surface area contributed by atoms with E-state index in [1.54, 1.807) is 7.11 Å². The first-order valence-corrected chi connectivity index (χ1v) is 3.20. The van der Waals surface area contributed by atoms with Crippen LogP contribution in [-0.4, -0.2) is 25.3 Å². The van der Waals surface area contributed by atoms with E-state index in [2.05, 4.69) is 4.99 Å². The molecule has 3 nitrogen and oxygen atoms in total. The molecular formula is C7H13NO2. The van der Waals surface area contributed by atoms with Crippen LogP contribution in [-0.2, 0) is 9.53 Å². The van der Waals surface area contributed by atoms with Gasteiger partial charge >= 0.3 is 0 Å². The normalized spacial score (nSPS) is 10.7. The quantitative estimate of drug-likeness (QED) is 0.437. The number of isocyanates is 1. The Kier molecular flexibility index (Phi) is 3.93. The summed E-state index contributed by atoms with van der Waals surface area (Å²) in [6.07, 6.45) is 2.29. The van der Waals surface area contributed by atoms with Gasteiger partial charge in [-0.15, -0.1) is 0 Å². The summed E-state index contributed by atoms with van der Waals surface area (Å²) in [4.78, 5) is 13.5. The zero-order valence-electron chi connectivity index (χ0n) is 6.68. The maximum Gasteiger partial charge on any atom is 0.235 e. The van der Waals surface area contributed by atoms with E-state index in [4.69, 9.17) is 4.74 Å². The Balaban J connectivity index is 3.74. The molecule has 0 fully saturated rings. The molecule has 0 aromatic rings. The molecule has 0 spiro atoms. The van der Waals surface area contributed by atoms with Crippen molar-refractivity contribution in [3.8, 4) is 0 Å². The van der Waals surface area contributed by atoms with Crippen molar-refractivity contribution in [3.05, 3.63) is 0 Å². The summed E-state index contributed by atoms with van der Waals surface area (Å²) >= 11 is 0. The number of carbonyl (C=O) groups excluding carboxylic acids is 1. The van der Waals surface area contributed by atoms with E-state index in [0.29, 0.717) is 6.61 Å². The van der Waals surface area contributed by atoms with Gasteiger partial charge in [0.2, 0.25) is 6.08 Å². The van der Waals surface area contributed by atoms with Crippen LogP contribution in [0.1, 0.15) is 20.3 Å². The molecule has 0 N–H and O–H groups in total. The zero-order chi connectivity index (χ0) is 8.04. The number of hydrogen-bond acceptors (Lipinski definition) is 3. The highest BCUT2D eigenvalue weighted by molar-refractivity contribution is 5.34. The first kappa shape index (κ1) is 9.34. The van der Waals surface area contributed by atoms with Gasteiger partial charge in [-0.2, -0.15) is 4.99 Å². The summed E-state index contributed by atoms with van der Waals surface area (Å²) in [5.41, 5.74) is -0.322. The molecule has 0 aliphatic carbocycles. The average Bonchev–Trinajstić information content (AvgIpc) is 1.84. The predicted molar refractivity (Wildman–Crippen MR) is 38.7 cm³/mol. The number of hydrogen-bond donors (Lipinski definition) is 0. The highest BCUT2D eigenvalue weighted by atomic mass is 16.5. The van der Waals surface area contributed by atoms with Crippen LogP contribution in [0.3, 0.4) is 0 Å². The van der Waals surface area contributed by atoms with Gasteiger partial charge in [0.25, 0.3) is 0 Å². The van der Waals surface area contributed by atoms with E-state index in [1.165, 1.54) is 6.08 Å². The van der Waals surface area contributed by atoms with Gasteiger partial charge in [0.1, 0.15) is 0 Å². The third-order valence-corrected chi connectivity index (χ3v) is 1.27. The molecule has 0 rings (SSSR count). The SMILES string of the molecule is COCCC(C)(C)N=C=O. The third-order valence-electron chi connectivity index (χ3n) is 1.27. The smallest absolute Gasteiger partial charge is 0.235 e. The van der Waals surface area contributed by atoms with Crippen LogP contribution >= 0.6 is 0 Å². The predicted octanol–water partition coefficient (Wildman–Crippen LogP) is 1.14. The zero-order valence-corrected chi connectivity index (χ0v) is 6.68. The van der Waals surface area contributed by atoms with Crippen LogP contribution in [0.2, 0.25) is 0 Å². The highest BCUT2D eigenvalue weighted by Crippen LogP contribution is 2.12. The molecule has 0 saturated heterocycles. The molecule has 0 aliphatic heterocycles. The molecule has 0 saturated carbocycles. The molecule has 10 heavy (non-hydrogen) atoms. The standard InChI is InChI=1S/C7H13NO2/c1-7(2,8-6-9)4-5-10-3/h4-5H2,1-3H3. The summed E-state index contributed by atoms with van der Waals surface area (Å²) in [7, 11) is 1.63. The molecule has 0 amide bonds. The fourth-order valence-corrected chi connectivity index (χ4v) is 0.531. The third kappa shape index (κ3) is 4.24. The van der Waals surface area contributed by atoms with Gasteiger partial charge in [-0.3, -0.25) is 0 Å². The molecule has 0 aliphatic rings. The van der Waals surface area contributed by atoms with E-state index >= 15 is 0 Å². The molecule has 0 aromatic carbocycles. The molecule has 0 bridgehead atoms. The van der Waals surface area contributed by atoms with Crippen molar-refractivity contribution < 1.29 is 9.53 Å². The summed E-state index contributed by atoms with van der Waals surface area (Å²) in [6, 6.07) is 0. The van der Waals surface area contributed by atoms with Gasteiger partial charge in [-0.1, -0.05) is 0 Å². The number of ether oxygens (including phenoxy) is 1. The van der Waals surface area contributed by atoms with E-state index in [-0.39, 0.29) is 5.54 Å². The second kappa shape index (κ2) is 4.20. The van der Waals surface area contributed by atoms with Crippen LogP contribution in [0.25, 0.3) is 0 Å². The van der Waals surface area contributed by atoms with Gasteiger partial charge in [-0.05, 0) is 20.3 Å². The average molecular weight is 143 g/mol.